The molecule has 0 saturated heterocycles. The molecule has 0 aliphatic heterocycles. The van der Waals surface area contributed by atoms with Crippen LogP contribution in [-0.4, -0.2) is 92.5 Å². The molecule has 0 aliphatic carbocycles. The molecule has 0 fully saturated rings. The van der Waals surface area contributed by atoms with Crippen LogP contribution in [0.25, 0.3) is 64.6 Å². The van der Waals surface area contributed by atoms with Crippen LogP contribution in [0.1, 0.15) is 31.8 Å². The average molecular weight is 1100 g/mol. The molecule has 376 valence electrons. The molecule has 0 bridgehead atoms. The second-order valence-corrected chi connectivity index (χ2v) is 22.2. The molecule has 10 aromatic carbocycles. The summed E-state index contributed by atoms with van der Waals surface area (Å²) in [6.07, 6.45) is 0. The number of esters is 1. The summed E-state index contributed by atoms with van der Waals surface area (Å²) in [6, 6.07) is 27.0. The Kier molecular flexibility index (Phi) is 13.9. The van der Waals surface area contributed by atoms with Gasteiger partial charge in [0.05, 0.1) is 25.1 Å². The second-order valence-electron chi connectivity index (χ2n) is 16.5. The summed E-state index contributed by atoms with van der Waals surface area (Å²) in [6.45, 7) is 3.20. The summed E-state index contributed by atoms with van der Waals surface area (Å²) in [5.74, 6) is -1.63. The molecule has 0 heterocycles. The van der Waals surface area contributed by atoms with Crippen molar-refractivity contribution in [3.05, 3.63) is 144 Å². The number of phenolic OH excluding ortho intramolecular Hbond substituents is 1. The zero-order valence-electron chi connectivity index (χ0n) is 37.6. The van der Waals surface area contributed by atoms with Crippen molar-refractivity contribution in [3.8, 4) is 11.5 Å². The van der Waals surface area contributed by atoms with Crippen LogP contribution in [0.5, 0.6) is 11.5 Å². The molecular formula is C48H29B2ClO19S4-4. The Labute approximate surface area is 425 Å². The van der Waals surface area contributed by atoms with Crippen LogP contribution >= 0.6 is 11.6 Å². The molecule has 10 aromatic rings. The van der Waals surface area contributed by atoms with E-state index in [0.717, 1.165) is 12.1 Å². The van der Waals surface area contributed by atoms with Gasteiger partial charge in [-0.05, 0) is 101 Å². The van der Waals surface area contributed by atoms with Crippen LogP contribution in [0.2, 0.25) is 0 Å². The number of rotatable bonds is 9. The van der Waals surface area contributed by atoms with Crippen LogP contribution < -0.4 is 15.7 Å². The van der Waals surface area contributed by atoms with Crippen molar-refractivity contribution < 1.29 is 86.1 Å². The fourth-order valence-corrected chi connectivity index (χ4v) is 11.7. The zero-order valence-corrected chi connectivity index (χ0v) is 41.6. The van der Waals surface area contributed by atoms with Gasteiger partial charge in [-0.2, -0.15) is 0 Å². The van der Waals surface area contributed by atoms with Gasteiger partial charge in [0, 0.05) is 43.1 Å². The number of phenols is 1. The number of carbonyl (C=O) groups excluding carboxylic acids is 2. The monoisotopic (exact) mass is 1090 g/mol. The van der Waals surface area contributed by atoms with E-state index in [1.807, 2.05) is 0 Å². The Bertz CT molecular complexity index is 4350. The molecule has 0 aromatic heterocycles. The van der Waals surface area contributed by atoms with Crippen LogP contribution in [0.15, 0.2) is 141 Å². The summed E-state index contributed by atoms with van der Waals surface area (Å²) in [7, 11) is -20.7. The van der Waals surface area contributed by atoms with Crippen LogP contribution in [0, 0.1) is 13.8 Å². The van der Waals surface area contributed by atoms with Crippen LogP contribution in [0.3, 0.4) is 0 Å². The van der Waals surface area contributed by atoms with Gasteiger partial charge in [-0.15, -0.1) is 0 Å². The maximum absolute atomic E-state index is 12.9. The fourth-order valence-electron chi connectivity index (χ4n) is 8.70. The van der Waals surface area contributed by atoms with Gasteiger partial charge in [-0.25, -0.2) is 38.5 Å². The van der Waals surface area contributed by atoms with Crippen LogP contribution in [-0.2, 0) is 45.2 Å². The van der Waals surface area contributed by atoms with E-state index in [-0.39, 0.29) is 65.3 Å². The van der Waals surface area contributed by atoms with Gasteiger partial charge in [0.1, 0.15) is 52.0 Å². The van der Waals surface area contributed by atoms with Crippen LogP contribution in [0.4, 0.5) is 0 Å². The van der Waals surface area contributed by atoms with Gasteiger partial charge < -0.3 is 38.1 Å². The number of hydrogen-bond acceptors (Lipinski definition) is 19. The SMILES string of the molecule is Cc1cc(S(=O)(=O)[O-])c2ccc3c(S(=O)(=O)[O-])cc(O)c4ccc1c2c43.Cc1cc(S(=O)(=O)[O-])c2ccc3c(S(=O)(=O)[O-])cc(OC(=O)c4ccc(B(O)O)cc4)c4ccc1c2c43.O=Bc1ccc(C(=O)Cl)cc1. The minimum atomic E-state index is -5.09. The molecule has 74 heavy (non-hydrogen) atoms. The number of carbonyl (C=O) groups is 2. The summed E-state index contributed by atoms with van der Waals surface area (Å²) in [5, 5.41) is 30.8. The predicted octanol–water partition coefficient (Wildman–Crippen LogP) is 4.75. The van der Waals surface area contributed by atoms with Crippen molar-refractivity contribution in [2.75, 3.05) is 0 Å². The molecule has 0 spiro atoms. The van der Waals surface area contributed by atoms with Crippen molar-refractivity contribution in [1.29, 1.82) is 0 Å². The Morgan fingerprint density at radius 3 is 1.26 bits per heavy atom. The standard InChI is InChI=1S/C24H17BO10S2.C17H12O7S2.C7H4BClO2/c1-12-10-20(36(29,30)31)17-8-9-18-21(37(32,33)34)11-19(16-7-6-15(12)22(17)23(16)18)35-24(26)13-2-4-14(5-3-13)25(27)28;1-8-6-14(25(19,20)21)11-4-5-12-15(26(22,23)24)7-13(18)10-3-2-9(8)16(11)17(10)12;9-7(10)5-1-3-6(8-11)4-2-5/h2-11,27-28H,1H3,(H,29,30,31)(H,32,33,34);2-7,18H,1H3,(H,19,20,21)(H,22,23,24);1-4H/p-4. The summed E-state index contributed by atoms with van der Waals surface area (Å²) in [4.78, 5) is 21.1. The van der Waals surface area contributed by atoms with E-state index in [9.17, 15) is 81.3 Å². The summed E-state index contributed by atoms with van der Waals surface area (Å²) < 4.78 is 158. The first kappa shape index (κ1) is 53.3. The number of aromatic hydroxyl groups is 1. The molecule has 0 aliphatic rings. The molecule has 0 atom stereocenters. The zero-order chi connectivity index (χ0) is 54.1. The Morgan fingerprint density at radius 1 is 0.500 bits per heavy atom. The summed E-state index contributed by atoms with van der Waals surface area (Å²) >= 11 is 5.17. The molecule has 3 N–H and O–H groups in total. The number of ether oxygens (including phenoxy) is 1. The number of benzene rings is 10. The van der Waals surface area contributed by atoms with Gasteiger partial charge in [-0.1, -0.05) is 48.5 Å². The van der Waals surface area contributed by atoms with Crippen molar-refractivity contribution in [3.63, 3.8) is 0 Å². The first-order valence-electron chi connectivity index (χ1n) is 21.0. The van der Waals surface area contributed by atoms with E-state index in [1.165, 1.54) is 78.9 Å². The van der Waals surface area contributed by atoms with E-state index < -0.39 is 84.1 Å². The van der Waals surface area contributed by atoms with Crippen molar-refractivity contribution >= 4 is 153 Å². The molecule has 0 unspecified atom stereocenters. The fraction of sp³-hybridized carbons (Fsp3) is 0.0417. The molecular weight excluding hydrogens is 1070 g/mol. The maximum atomic E-state index is 12.9. The third kappa shape index (κ3) is 10.0. The van der Waals surface area contributed by atoms with E-state index in [1.54, 1.807) is 44.2 Å². The van der Waals surface area contributed by atoms with Crippen molar-refractivity contribution in [2.45, 2.75) is 33.4 Å². The molecule has 0 radical (unpaired) electrons. The number of aryl methyl sites for hydroxylation is 2. The Morgan fingerprint density at radius 2 is 0.851 bits per heavy atom. The Balaban J connectivity index is 0.000000170. The molecule has 26 heteroatoms. The van der Waals surface area contributed by atoms with E-state index in [0.29, 0.717) is 45.5 Å². The molecule has 19 nitrogen and oxygen atoms in total. The van der Waals surface area contributed by atoms with Crippen molar-refractivity contribution in [2.24, 2.45) is 0 Å². The molecule has 0 amide bonds. The van der Waals surface area contributed by atoms with Gasteiger partial charge in [0.15, 0.2) is 0 Å². The van der Waals surface area contributed by atoms with E-state index in [4.69, 9.17) is 16.3 Å². The topological polar surface area (TPSA) is 350 Å². The van der Waals surface area contributed by atoms with E-state index in [2.05, 4.69) is 0 Å². The van der Waals surface area contributed by atoms with E-state index >= 15 is 0 Å². The Hall–Kier alpha value is -7.00. The minimum absolute atomic E-state index is 0.00259. The number of hydrogen-bond donors (Lipinski definition) is 3. The predicted molar refractivity (Wildman–Crippen MR) is 267 cm³/mol. The molecule has 10 rings (SSSR count). The average Bonchev–Trinajstić information content (AvgIpc) is 3.33. The van der Waals surface area contributed by atoms with Crippen molar-refractivity contribution in [1.82, 2.24) is 0 Å². The van der Waals surface area contributed by atoms with Gasteiger partial charge in [0.25, 0.3) is 0 Å². The normalized spacial score (nSPS) is 12.2. The first-order chi connectivity index (χ1) is 34.5. The second kappa shape index (κ2) is 19.4. The number of halogens is 1. The quantitative estimate of drug-likeness (QED) is 0.0438. The molecule has 0 saturated carbocycles. The van der Waals surface area contributed by atoms with Gasteiger partial charge >= 0.3 is 81.9 Å². The van der Waals surface area contributed by atoms with Gasteiger partial charge in [0.2, 0.25) is 0 Å². The van der Waals surface area contributed by atoms with Gasteiger partial charge in [-0.3, -0.25) is 0 Å². The summed E-state index contributed by atoms with van der Waals surface area (Å²) in [5.41, 5.74) is 1.98. The third-order valence-electron chi connectivity index (χ3n) is 12.0. The third-order valence-corrected chi connectivity index (χ3v) is 15.7. The first-order valence-corrected chi connectivity index (χ1v) is 27.0.